The number of aromatic amines is 1. The normalized spacial score (nSPS) is 19.3. The van der Waals surface area contributed by atoms with E-state index in [4.69, 9.17) is 10.5 Å². The molecule has 1 heterocycles. The summed E-state index contributed by atoms with van der Waals surface area (Å²) < 4.78 is 5.26. The zero-order valence-corrected chi connectivity index (χ0v) is 10.1. The van der Waals surface area contributed by atoms with Crippen LogP contribution in [0.3, 0.4) is 0 Å². The van der Waals surface area contributed by atoms with Gasteiger partial charge in [0.15, 0.2) is 0 Å². The Hall–Kier alpha value is -1.48. The van der Waals surface area contributed by atoms with Crippen LogP contribution in [-0.2, 0) is 12.8 Å². The molecule has 1 aliphatic carbocycles. The predicted molar refractivity (Wildman–Crippen MR) is 69.4 cm³/mol. The van der Waals surface area contributed by atoms with Gasteiger partial charge >= 0.3 is 0 Å². The molecule has 0 bridgehead atoms. The van der Waals surface area contributed by atoms with E-state index in [1.54, 1.807) is 7.11 Å². The highest BCUT2D eigenvalue weighted by Crippen LogP contribution is 2.32. The lowest BCUT2D eigenvalue weighted by Crippen LogP contribution is -2.21. The van der Waals surface area contributed by atoms with Crippen LogP contribution < -0.4 is 10.5 Å². The molecule has 1 aromatic heterocycles. The van der Waals surface area contributed by atoms with Crippen LogP contribution in [0.1, 0.15) is 17.7 Å². The molecule has 3 nitrogen and oxygen atoms in total. The van der Waals surface area contributed by atoms with Crippen LogP contribution in [0.5, 0.6) is 5.75 Å². The third kappa shape index (κ3) is 1.71. The molecule has 1 aliphatic rings. The van der Waals surface area contributed by atoms with E-state index in [0.717, 1.165) is 25.1 Å². The first kappa shape index (κ1) is 10.7. The van der Waals surface area contributed by atoms with Crippen molar-refractivity contribution in [2.45, 2.75) is 19.3 Å². The molecule has 0 radical (unpaired) electrons. The van der Waals surface area contributed by atoms with Gasteiger partial charge in [-0.25, -0.2) is 0 Å². The van der Waals surface area contributed by atoms with Crippen LogP contribution in [0.2, 0.25) is 0 Å². The zero-order chi connectivity index (χ0) is 11.8. The monoisotopic (exact) mass is 230 g/mol. The largest absolute Gasteiger partial charge is 0.497 e. The van der Waals surface area contributed by atoms with Gasteiger partial charge in [-0.2, -0.15) is 0 Å². The summed E-state index contributed by atoms with van der Waals surface area (Å²) in [5.74, 6) is 1.55. The lowest BCUT2D eigenvalue weighted by atomic mass is 9.86. The number of hydrogen-bond donors (Lipinski definition) is 2. The first-order valence-corrected chi connectivity index (χ1v) is 6.19. The van der Waals surface area contributed by atoms with Crippen molar-refractivity contribution in [2.24, 2.45) is 11.7 Å². The quantitative estimate of drug-likeness (QED) is 0.831. The fourth-order valence-corrected chi connectivity index (χ4v) is 2.80. The number of nitrogens with two attached hydrogens (primary N) is 1. The Morgan fingerprint density at radius 2 is 2.35 bits per heavy atom. The molecule has 3 heteroatoms. The zero-order valence-electron chi connectivity index (χ0n) is 10.1. The number of fused-ring (bicyclic) bond motifs is 3. The molecule has 0 spiro atoms. The highest BCUT2D eigenvalue weighted by atomic mass is 16.5. The Bertz CT molecular complexity index is 544. The number of aromatic nitrogens is 1. The minimum absolute atomic E-state index is 0.642. The summed E-state index contributed by atoms with van der Waals surface area (Å²) in [6.07, 6.45) is 3.43. The average Bonchev–Trinajstić information content (AvgIpc) is 2.74. The molecule has 1 atom stereocenters. The second-order valence-corrected chi connectivity index (χ2v) is 4.84. The van der Waals surface area contributed by atoms with Crippen molar-refractivity contribution in [3.05, 3.63) is 29.5 Å². The molecular formula is C14H18N2O. The SMILES string of the molecule is COc1ccc2c3c([nH]c2c1)CCC(CN)C3. The van der Waals surface area contributed by atoms with Crippen LogP contribution in [0.25, 0.3) is 10.9 Å². The number of aryl methyl sites for hydroxylation is 1. The smallest absolute Gasteiger partial charge is 0.120 e. The van der Waals surface area contributed by atoms with Gasteiger partial charge < -0.3 is 15.5 Å². The van der Waals surface area contributed by atoms with Crippen molar-refractivity contribution in [1.29, 1.82) is 0 Å². The maximum Gasteiger partial charge on any atom is 0.120 e. The fourth-order valence-electron chi connectivity index (χ4n) is 2.80. The molecule has 0 aliphatic heterocycles. The van der Waals surface area contributed by atoms with Crippen LogP contribution in [0.15, 0.2) is 18.2 Å². The maximum atomic E-state index is 5.79. The molecule has 0 saturated carbocycles. The number of ether oxygens (including phenoxy) is 1. The Morgan fingerprint density at radius 3 is 3.12 bits per heavy atom. The van der Waals surface area contributed by atoms with E-state index in [-0.39, 0.29) is 0 Å². The van der Waals surface area contributed by atoms with Gasteiger partial charge in [0.2, 0.25) is 0 Å². The van der Waals surface area contributed by atoms with E-state index in [2.05, 4.69) is 17.1 Å². The molecule has 0 amide bonds. The number of H-pyrrole nitrogens is 1. The highest BCUT2D eigenvalue weighted by molar-refractivity contribution is 5.86. The molecule has 90 valence electrons. The summed E-state index contributed by atoms with van der Waals surface area (Å²) in [5.41, 5.74) is 9.83. The van der Waals surface area contributed by atoms with E-state index < -0.39 is 0 Å². The second-order valence-electron chi connectivity index (χ2n) is 4.84. The summed E-state index contributed by atoms with van der Waals surface area (Å²) in [6, 6.07) is 6.26. The minimum Gasteiger partial charge on any atom is -0.497 e. The third-order valence-electron chi connectivity index (χ3n) is 3.83. The first-order valence-electron chi connectivity index (χ1n) is 6.19. The summed E-state index contributed by atoms with van der Waals surface area (Å²) in [6.45, 7) is 0.794. The third-order valence-corrected chi connectivity index (χ3v) is 3.83. The molecule has 1 unspecified atom stereocenters. The van der Waals surface area contributed by atoms with Crippen LogP contribution >= 0.6 is 0 Å². The number of nitrogens with one attached hydrogen (secondary N) is 1. The summed E-state index contributed by atoms with van der Waals surface area (Å²) in [7, 11) is 1.70. The van der Waals surface area contributed by atoms with Gasteiger partial charge in [0.25, 0.3) is 0 Å². The Kier molecular flexibility index (Phi) is 2.56. The summed E-state index contributed by atoms with van der Waals surface area (Å²) in [4.78, 5) is 3.51. The molecule has 3 N–H and O–H groups in total. The number of hydrogen-bond acceptors (Lipinski definition) is 2. The lowest BCUT2D eigenvalue weighted by molar-refractivity contribution is 0.415. The molecule has 17 heavy (non-hydrogen) atoms. The molecule has 2 aromatic rings. The number of rotatable bonds is 2. The summed E-state index contributed by atoms with van der Waals surface area (Å²) in [5, 5.41) is 1.33. The van der Waals surface area contributed by atoms with Gasteiger partial charge in [0.1, 0.15) is 5.75 Å². The first-order chi connectivity index (χ1) is 8.31. The van der Waals surface area contributed by atoms with E-state index in [0.29, 0.717) is 5.92 Å². The predicted octanol–water partition coefficient (Wildman–Crippen LogP) is 2.24. The Morgan fingerprint density at radius 1 is 1.47 bits per heavy atom. The number of methoxy groups -OCH3 is 1. The minimum atomic E-state index is 0.642. The van der Waals surface area contributed by atoms with Crippen LogP contribution in [-0.4, -0.2) is 18.6 Å². The van der Waals surface area contributed by atoms with Crippen molar-refractivity contribution in [1.82, 2.24) is 4.98 Å². The van der Waals surface area contributed by atoms with E-state index in [1.807, 2.05) is 6.07 Å². The molecule has 0 saturated heterocycles. The molecular weight excluding hydrogens is 212 g/mol. The van der Waals surface area contributed by atoms with Crippen molar-refractivity contribution in [3.63, 3.8) is 0 Å². The van der Waals surface area contributed by atoms with Gasteiger partial charge in [0, 0.05) is 22.7 Å². The van der Waals surface area contributed by atoms with E-state index in [9.17, 15) is 0 Å². The van der Waals surface area contributed by atoms with Crippen molar-refractivity contribution in [3.8, 4) is 5.75 Å². The second kappa shape index (κ2) is 4.08. The maximum absolute atomic E-state index is 5.79. The van der Waals surface area contributed by atoms with Crippen LogP contribution in [0, 0.1) is 5.92 Å². The van der Waals surface area contributed by atoms with Crippen molar-refractivity contribution >= 4 is 10.9 Å². The van der Waals surface area contributed by atoms with Crippen molar-refractivity contribution in [2.75, 3.05) is 13.7 Å². The molecule has 3 rings (SSSR count). The van der Waals surface area contributed by atoms with Gasteiger partial charge in [-0.05, 0) is 49.4 Å². The van der Waals surface area contributed by atoms with Crippen molar-refractivity contribution < 1.29 is 4.74 Å². The van der Waals surface area contributed by atoms with Gasteiger partial charge in [-0.1, -0.05) is 0 Å². The number of benzene rings is 1. The van der Waals surface area contributed by atoms with E-state index >= 15 is 0 Å². The average molecular weight is 230 g/mol. The summed E-state index contributed by atoms with van der Waals surface area (Å²) >= 11 is 0. The lowest BCUT2D eigenvalue weighted by Gasteiger charge is -2.20. The van der Waals surface area contributed by atoms with Gasteiger partial charge in [-0.3, -0.25) is 0 Å². The molecule has 1 aromatic carbocycles. The standard InChI is InChI=1S/C14H18N2O/c1-17-10-3-4-11-12-6-9(8-15)2-5-13(12)16-14(11)7-10/h3-4,7,9,16H,2,5-6,8,15H2,1H3. The van der Waals surface area contributed by atoms with Crippen LogP contribution in [0.4, 0.5) is 0 Å². The molecule has 0 fully saturated rings. The Labute approximate surface area is 101 Å². The van der Waals surface area contributed by atoms with Gasteiger partial charge in [-0.15, -0.1) is 0 Å². The highest BCUT2D eigenvalue weighted by Gasteiger charge is 2.21. The van der Waals surface area contributed by atoms with Gasteiger partial charge in [0.05, 0.1) is 7.11 Å². The van der Waals surface area contributed by atoms with E-state index in [1.165, 1.54) is 28.6 Å². The topological polar surface area (TPSA) is 51.0 Å². The Balaban J connectivity index is 2.09. The fraction of sp³-hybridized carbons (Fsp3) is 0.429.